The van der Waals surface area contributed by atoms with Crippen LogP contribution in [0.2, 0.25) is 0 Å². The molecule has 0 atom stereocenters. The van der Waals surface area contributed by atoms with Gasteiger partial charge in [-0.3, -0.25) is 4.79 Å². The lowest BCUT2D eigenvalue weighted by molar-refractivity contribution is -0.118. The predicted molar refractivity (Wildman–Crippen MR) is 73.4 cm³/mol. The third-order valence-electron chi connectivity index (χ3n) is 2.09. The van der Waals surface area contributed by atoms with Crippen LogP contribution in [0, 0.1) is 0 Å². The van der Waals surface area contributed by atoms with Gasteiger partial charge in [-0.1, -0.05) is 11.8 Å². The Labute approximate surface area is 108 Å². The van der Waals surface area contributed by atoms with Gasteiger partial charge in [-0.15, -0.1) is 11.3 Å². The van der Waals surface area contributed by atoms with Gasteiger partial charge in [0.25, 0.3) is 0 Å². The van der Waals surface area contributed by atoms with Crippen LogP contribution in [0.25, 0.3) is 10.2 Å². The number of nitrogens with zero attached hydrogens (tertiary/aromatic N) is 1. The molecule has 0 fully saturated rings. The Morgan fingerprint density at radius 3 is 3.18 bits per heavy atom. The average Bonchev–Trinajstić information content (AvgIpc) is 2.68. The molecule has 0 saturated carbocycles. The second-order valence-electron chi connectivity index (χ2n) is 3.45. The summed E-state index contributed by atoms with van der Waals surface area (Å²) in [5.41, 5.74) is 7.37. The van der Waals surface area contributed by atoms with E-state index in [1.54, 1.807) is 11.3 Å². The van der Waals surface area contributed by atoms with Gasteiger partial charge < -0.3 is 11.1 Å². The van der Waals surface area contributed by atoms with Crippen molar-refractivity contribution in [2.75, 3.05) is 18.0 Å². The molecule has 4 nitrogen and oxygen atoms in total. The van der Waals surface area contributed by atoms with Gasteiger partial charge in [0, 0.05) is 12.2 Å². The molecular formula is C11H13N3OS2. The normalized spacial score (nSPS) is 10.6. The summed E-state index contributed by atoms with van der Waals surface area (Å²) in [4.78, 5) is 15.7. The molecule has 0 radical (unpaired) electrons. The molecule has 2 aromatic rings. The zero-order valence-electron chi connectivity index (χ0n) is 9.40. The third-order valence-corrected chi connectivity index (χ3v) is 4.25. The molecule has 1 amide bonds. The lowest BCUT2D eigenvalue weighted by Gasteiger charge is -1.98. The Kier molecular flexibility index (Phi) is 3.86. The summed E-state index contributed by atoms with van der Waals surface area (Å²) in [6.07, 6.45) is 0. The Morgan fingerprint density at radius 2 is 2.41 bits per heavy atom. The van der Waals surface area contributed by atoms with Crippen LogP contribution in [0.15, 0.2) is 22.5 Å². The van der Waals surface area contributed by atoms with Crippen molar-refractivity contribution < 1.29 is 4.79 Å². The van der Waals surface area contributed by atoms with Crippen molar-refractivity contribution in [2.45, 2.75) is 11.3 Å². The Balaban J connectivity index is 2.07. The number of fused-ring (bicyclic) bond motifs is 1. The molecule has 1 heterocycles. The monoisotopic (exact) mass is 267 g/mol. The lowest BCUT2D eigenvalue weighted by Crippen LogP contribution is -2.24. The zero-order chi connectivity index (χ0) is 12.3. The van der Waals surface area contributed by atoms with Gasteiger partial charge in [0.15, 0.2) is 4.34 Å². The quantitative estimate of drug-likeness (QED) is 0.657. The summed E-state index contributed by atoms with van der Waals surface area (Å²) in [7, 11) is 0. The Morgan fingerprint density at radius 1 is 1.59 bits per heavy atom. The Hall–Kier alpha value is -1.27. The number of nitrogens with one attached hydrogen (secondary N) is 1. The number of benzene rings is 1. The number of anilines is 1. The van der Waals surface area contributed by atoms with Crippen molar-refractivity contribution in [1.29, 1.82) is 0 Å². The van der Waals surface area contributed by atoms with Crippen LogP contribution in [-0.2, 0) is 4.79 Å². The van der Waals surface area contributed by atoms with E-state index in [1.807, 2.05) is 25.1 Å². The maximum atomic E-state index is 11.3. The van der Waals surface area contributed by atoms with Gasteiger partial charge in [-0.05, 0) is 25.1 Å². The highest BCUT2D eigenvalue weighted by Gasteiger charge is 2.07. The number of hydrogen-bond acceptors (Lipinski definition) is 5. The summed E-state index contributed by atoms with van der Waals surface area (Å²) >= 11 is 3.02. The molecule has 0 aliphatic carbocycles. The standard InChI is InChI=1S/C11H13N3OS2/c1-2-13-10(15)6-16-11-14-8-4-3-7(12)5-9(8)17-11/h3-5H,2,6,12H2,1H3,(H,13,15). The molecular weight excluding hydrogens is 254 g/mol. The van der Waals surface area contributed by atoms with Gasteiger partial charge >= 0.3 is 0 Å². The summed E-state index contributed by atoms with van der Waals surface area (Å²) in [6.45, 7) is 2.57. The van der Waals surface area contributed by atoms with Crippen molar-refractivity contribution >= 4 is 44.9 Å². The first-order chi connectivity index (χ1) is 8.19. The van der Waals surface area contributed by atoms with Gasteiger partial charge in [-0.25, -0.2) is 4.98 Å². The fourth-order valence-electron chi connectivity index (χ4n) is 1.36. The zero-order valence-corrected chi connectivity index (χ0v) is 11.0. The van der Waals surface area contributed by atoms with Crippen LogP contribution in [0.4, 0.5) is 5.69 Å². The number of hydrogen-bond donors (Lipinski definition) is 2. The number of nitrogens with two attached hydrogens (primary N) is 1. The molecule has 0 spiro atoms. The number of aromatic nitrogens is 1. The minimum atomic E-state index is 0.0382. The number of thioether (sulfide) groups is 1. The molecule has 2 rings (SSSR count). The van der Waals surface area contributed by atoms with E-state index in [0.717, 1.165) is 20.2 Å². The summed E-state index contributed by atoms with van der Waals surface area (Å²) in [5.74, 6) is 0.444. The minimum absolute atomic E-state index is 0.0382. The topological polar surface area (TPSA) is 68.0 Å². The van der Waals surface area contributed by atoms with E-state index < -0.39 is 0 Å². The largest absolute Gasteiger partial charge is 0.399 e. The molecule has 6 heteroatoms. The number of amides is 1. The van der Waals surface area contributed by atoms with Gasteiger partial charge in [0.1, 0.15) is 0 Å². The van der Waals surface area contributed by atoms with Crippen LogP contribution in [0.3, 0.4) is 0 Å². The van der Waals surface area contributed by atoms with Crippen molar-refractivity contribution in [3.8, 4) is 0 Å². The Bertz CT molecular complexity index is 538. The van der Waals surface area contributed by atoms with Crippen molar-refractivity contribution in [1.82, 2.24) is 10.3 Å². The number of carbonyl (C=O) groups excluding carboxylic acids is 1. The number of rotatable bonds is 4. The fraction of sp³-hybridized carbons (Fsp3) is 0.273. The summed E-state index contributed by atoms with van der Waals surface area (Å²) < 4.78 is 1.96. The van der Waals surface area contributed by atoms with Crippen LogP contribution >= 0.6 is 23.1 Å². The fourth-order valence-corrected chi connectivity index (χ4v) is 3.30. The molecule has 1 aromatic heterocycles. The van der Waals surface area contributed by atoms with Crippen LogP contribution in [0.1, 0.15) is 6.92 Å². The molecule has 0 aliphatic heterocycles. The number of thiazole rings is 1. The predicted octanol–water partition coefficient (Wildman–Crippen LogP) is 2.11. The highest BCUT2D eigenvalue weighted by Crippen LogP contribution is 2.30. The van der Waals surface area contributed by atoms with Gasteiger partial charge in [-0.2, -0.15) is 0 Å². The van der Waals surface area contributed by atoms with E-state index in [2.05, 4.69) is 10.3 Å². The van der Waals surface area contributed by atoms with Crippen LogP contribution < -0.4 is 11.1 Å². The highest BCUT2D eigenvalue weighted by molar-refractivity contribution is 8.01. The molecule has 17 heavy (non-hydrogen) atoms. The molecule has 1 aromatic carbocycles. The highest BCUT2D eigenvalue weighted by atomic mass is 32.2. The molecule has 90 valence electrons. The first-order valence-corrected chi connectivity index (χ1v) is 7.05. The molecule has 0 aliphatic rings. The van der Waals surface area contributed by atoms with E-state index in [1.165, 1.54) is 11.8 Å². The van der Waals surface area contributed by atoms with Crippen molar-refractivity contribution in [2.24, 2.45) is 0 Å². The van der Waals surface area contributed by atoms with Crippen molar-refractivity contribution in [3.05, 3.63) is 18.2 Å². The maximum absolute atomic E-state index is 11.3. The first kappa shape index (κ1) is 12.2. The van der Waals surface area contributed by atoms with E-state index in [4.69, 9.17) is 5.73 Å². The van der Waals surface area contributed by atoms with E-state index in [-0.39, 0.29) is 5.91 Å². The smallest absolute Gasteiger partial charge is 0.230 e. The first-order valence-electron chi connectivity index (χ1n) is 5.24. The van der Waals surface area contributed by atoms with Crippen molar-refractivity contribution in [3.63, 3.8) is 0 Å². The van der Waals surface area contributed by atoms with Gasteiger partial charge in [0.2, 0.25) is 5.91 Å². The maximum Gasteiger partial charge on any atom is 0.230 e. The average molecular weight is 267 g/mol. The summed E-state index contributed by atoms with van der Waals surface area (Å²) in [6, 6.07) is 5.64. The van der Waals surface area contributed by atoms with Crippen LogP contribution in [0.5, 0.6) is 0 Å². The second-order valence-corrected chi connectivity index (χ2v) is 5.70. The number of nitrogen functional groups attached to an aromatic ring is 1. The SMILES string of the molecule is CCNC(=O)CSc1nc2ccc(N)cc2s1. The number of carbonyl (C=O) groups is 1. The van der Waals surface area contributed by atoms with E-state index >= 15 is 0 Å². The van der Waals surface area contributed by atoms with E-state index in [9.17, 15) is 4.79 Å². The molecule has 0 saturated heterocycles. The third kappa shape index (κ3) is 3.10. The van der Waals surface area contributed by atoms with Crippen LogP contribution in [-0.4, -0.2) is 23.2 Å². The van der Waals surface area contributed by atoms with Gasteiger partial charge in [0.05, 0.1) is 16.0 Å². The summed E-state index contributed by atoms with van der Waals surface area (Å²) in [5, 5.41) is 2.76. The molecule has 0 unspecified atom stereocenters. The van der Waals surface area contributed by atoms with E-state index in [0.29, 0.717) is 12.3 Å². The minimum Gasteiger partial charge on any atom is -0.399 e. The second kappa shape index (κ2) is 5.37. The lowest BCUT2D eigenvalue weighted by atomic mass is 10.3. The molecule has 3 N–H and O–H groups in total. The molecule has 0 bridgehead atoms.